The van der Waals surface area contributed by atoms with E-state index in [1.165, 1.54) is 16.8 Å². The summed E-state index contributed by atoms with van der Waals surface area (Å²) in [6, 6.07) is 11.4. The molecule has 0 aliphatic heterocycles. The minimum Gasteiger partial charge on any atom is -0.483 e. The first-order valence-electron chi connectivity index (χ1n) is 14.3. The van der Waals surface area contributed by atoms with E-state index in [2.05, 4.69) is 20.9 Å². The van der Waals surface area contributed by atoms with Crippen LogP contribution in [0.3, 0.4) is 0 Å². The minimum absolute atomic E-state index is 0.0495. The number of carboxylic acids is 1. The van der Waals surface area contributed by atoms with Crippen LogP contribution in [-0.4, -0.2) is 87.0 Å². The summed E-state index contributed by atoms with van der Waals surface area (Å²) in [4.78, 5) is 60.2. The van der Waals surface area contributed by atoms with Gasteiger partial charge < -0.3 is 42.7 Å². The van der Waals surface area contributed by atoms with Crippen molar-refractivity contribution in [3.8, 4) is 11.3 Å². The number of nitrogens with one attached hydrogen (secondary N) is 4. The second-order valence-electron chi connectivity index (χ2n) is 10.0. The van der Waals surface area contributed by atoms with Gasteiger partial charge in [0.15, 0.2) is 5.82 Å². The molecule has 0 unspecified atom stereocenters. The molecule has 0 aliphatic rings. The fourth-order valence-electron chi connectivity index (χ4n) is 3.65. The molecule has 2 amide bonds. The molecule has 3 rings (SSSR count). The lowest BCUT2D eigenvalue weighted by Crippen LogP contribution is -2.35. The van der Waals surface area contributed by atoms with Gasteiger partial charge in [-0.2, -0.15) is 26.3 Å². The molecule has 0 fully saturated rings. The second kappa shape index (κ2) is 22.5. The third-order valence-electron chi connectivity index (χ3n) is 5.69. The zero-order valence-electron chi connectivity index (χ0n) is 27.4. The van der Waals surface area contributed by atoms with Crippen LogP contribution >= 0.6 is 0 Å². The van der Waals surface area contributed by atoms with Gasteiger partial charge in [-0.3, -0.25) is 29.2 Å². The fraction of sp³-hybridized carbons (Fsp3) is 0.300. The van der Waals surface area contributed by atoms with E-state index in [4.69, 9.17) is 41.8 Å². The second-order valence-corrected chi connectivity index (χ2v) is 10.0. The number of carbonyl (C=O) groups is 4. The van der Waals surface area contributed by atoms with Crippen molar-refractivity contribution in [1.29, 1.82) is 5.41 Å². The lowest BCUT2D eigenvalue weighted by atomic mass is 10.1. The van der Waals surface area contributed by atoms with E-state index in [9.17, 15) is 40.7 Å². The minimum atomic E-state index is -5.08. The van der Waals surface area contributed by atoms with Crippen molar-refractivity contribution in [2.75, 3.05) is 24.2 Å². The summed E-state index contributed by atoms with van der Waals surface area (Å²) in [6.45, 7) is -0.447. The number of aliphatic hydroxyl groups excluding tert-OH is 1. The fourth-order valence-corrected chi connectivity index (χ4v) is 3.65. The first-order valence-corrected chi connectivity index (χ1v) is 14.3. The molecule has 0 atom stereocenters. The SMILES string of the molecule is CC(C)Nc1ncc(-c2cc(N)cc(C(=O)NCCO)c2)n(CC(=O)NCc2ccc(C(=N)N)cc2)c1=O.FC(F)F.O=C(O)C(F)(F)F.O=CO. The first-order chi connectivity index (χ1) is 24.2. The first kappa shape index (κ1) is 45.8. The molecule has 1 heterocycles. The Hall–Kier alpha value is -6.19. The molecule has 2 aromatic carbocycles. The van der Waals surface area contributed by atoms with E-state index in [0.29, 0.717) is 16.8 Å². The molecule has 0 saturated heterocycles. The van der Waals surface area contributed by atoms with E-state index in [-0.39, 0.29) is 61.7 Å². The van der Waals surface area contributed by atoms with Crippen LogP contribution in [-0.2, 0) is 27.5 Å². The topological polar surface area (TPSA) is 276 Å². The van der Waals surface area contributed by atoms with Gasteiger partial charge in [-0.15, -0.1) is 0 Å². The molecule has 52 heavy (non-hydrogen) atoms. The van der Waals surface area contributed by atoms with Crippen LogP contribution in [0.5, 0.6) is 0 Å². The molecule has 3 aromatic rings. The lowest BCUT2D eigenvalue weighted by molar-refractivity contribution is -0.192. The highest BCUT2D eigenvalue weighted by Crippen LogP contribution is 2.23. The maximum absolute atomic E-state index is 13.3. The van der Waals surface area contributed by atoms with Crippen molar-refractivity contribution in [3.05, 3.63) is 75.7 Å². The summed E-state index contributed by atoms with van der Waals surface area (Å²) < 4.78 is 62.0. The Morgan fingerprint density at radius 2 is 1.58 bits per heavy atom. The van der Waals surface area contributed by atoms with Crippen molar-refractivity contribution in [2.24, 2.45) is 5.73 Å². The van der Waals surface area contributed by atoms with Crippen molar-refractivity contribution >= 4 is 41.6 Å². The Morgan fingerprint density at radius 3 is 2.04 bits per heavy atom. The molecule has 0 radical (unpaired) electrons. The number of carbonyl (C=O) groups excluding carboxylic acids is 2. The number of anilines is 2. The number of hydrogen-bond donors (Lipinski definition) is 9. The van der Waals surface area contributed by atoms with E-state index < -0.39 is 36.2 Å². The molecule has 22 heteroatoms. The van der Waals surface area contributed by atoms with Crippen LogP contribution in [0.15, 0.2) is 53.5 Å². The molecule has 286 valence electrons. The van der Waals surface area contributed by atoms with Gasteiger partial charge in [0.25, 0.3) is 17.9 Å². The summed E-state index contributed by atoms with van der Waals surface area (Å²) in [5.41, 5.74) is 13.6. The van der Waals surface area contributed by atoms with E-state index in [1.807, 2.05) is 13.8 Å². The molecular formula is C30H36F6N8O8. The van der Waals surface area contributed by atoms with Gasteiger partial charge in [-0.1, -0.05) is 24.3 Å². The summed E-state index contributed by atoms with van der Waals surface area (Å²) >= 11 is 0. The van der Waals surface area contributed by atoms with Crippen molar-refractivity contribution in [1.82, 2.24) is 20.2 Å². The summed E-state index contributed by atoms with van der Waals surface area (Å²) in [5, 5.41) is 38.8. The van der Waals surface area contributed by atoms with Gasteiger partial charge in [0.1, 0.15) is 12.4 Å². The van der Waals surface area contributed by atoms with Gasteiger partial charge in [0.2, 0.25) is 5.91 Å². The van der Waals surface area contributed by atoms with Gasteiger partial charge >= 0.3 is 18.8 Å². The number of aliphatic carboxylic acids is 1. The number of halogens is 6. The highest BCUT2D eigenvalue weighted by molar-refractivity contribution is 5.96. The molecule has 0 saturated carbocycles. The number of benzene rings is 2. The number of hydrogen-bond acceptors (Lipinski definition) is 10. The normalized spacial score (nSPS) is 10.3. The third kappa shape index (κ3) is 17.5. The molecule has 0 bridgehead atoms. The molecular weight excluding hydrogens is 714 g/mol. The highest BCUT2D eigenvalue weighted by atomic mass is 19.4. The number of aliphatic hydroxyl groups is 1. The average molecular weight is 751 g/mol. The maximum Gasteiger partial charge on any atom is 0.490 e. The zero-order valence-corrected chi connectivity index (χ0v) is 27.4. The zero-order chi connectivity index (χ0) is 40.2. The number of amides is 2. The Labute approximate surface area is 291 Å². The summed E-state index contributed by atoms with van der Waals surface area (Å²) in [6.07, 6.45) is -3.63. The molecule has 0 spiro atoms. The highest BCUT2D eigenvalue weighted by Gasteiger charge is 2.38. The predicted molar refractivity (Wildman–Crippen MR) is 175 cm³/mol. The van der Waals surface area contributed by atoms with Crippen molar-refractivity contribution in [3.63, 3.8) is 0 Å². The Balaban J connectivity index is 0.00000158. The number of rotatable bonds is 11. The number of amidine groups is 1. The molecule has 1 aromatic heterocycles. The Morgan fingerprint density at radius 1 is 1.04 bits per heavy atom. The van der Waals surface area contributed by atoms with E-state index >= 15 is 0 Å². The van der Waals surface area contributed by atoms with Crippen LogP contribution in [0.1, 0.15) is 35.3 Å². The van der Waals surface area contributed by atoms with Gasteiger partial charge in [0, 0.05) is 41.5 Å². The van der Waals surface area contributed by atoms with Crippen LogP contribution < -0.4 is 33.0 Å². The molecule has 16 nitrogen and oxygen atoms in total. The number of nitrogens with zero attached hydrogens (tertiary/aromatic N) is 2. The summed E-state index contributed by atoms with van der Waals surface area (Å²) in [5.74, 6) is -3.59. The standard InChI is InChI=1S/C26H32N8O4.C2HF3O2.CHF3.CH2O2/c1-15(2)33-24-26(38)34(14-22(36)31-12-16-3-5-17(6-4-16)23(28)29)21(13-32-24)18-9-19(11-20(27)10-18)25(37)30-7-8-35;3-2(4,5)1(6)7;2-1(3)4;2-1-3/h3-6,9-11,13,15,35H,7-8,12,14,27H2,1-2H3,(H3,28,29)(H,30,37)(H,31,36)(H,32,33);(H,6,7);1H;1H,(H,2,3). The van der Waals surface area contributed by atoms with E-state index in [0.717, 1.165) is 5.56 Å². The van der Waals surface area contributed by atoms with Crippen LogP contribution in [0.4, 0.5) is 37.8 Å². The maximum atomic E-state index is 13.3. The van der Waals surface area contributed by atoms with Crippen molar-refractivity contribution < 1.29 is 60.8 Å². The Bertz CT molecular complexity index is 1700. The number of carboxylic acid groups (broad SMARTS) is 2. The number of nitrogen functional groups attached to an aromatic ring is 2. The van der Waals surface area contributed by atoms with Crippen LogP contribution in [0, 0.1) is 5.41 Å². The average Bonchev–Trinajstić information content (AvgIpc) is 3.04. The van der Waals surface area contributed by atoms with Gasteiger partial charge in [0.05, 0.1) is 18.5 Å². The van der Waals surface area contributed by atoms with Crippen LogP contribution in [0.2, 0.25) is 0 Å². The Kier molecular flexibility index (Phi) is 19.8. The summed E-state index contributed by atoms with van der Waals surface area (Å²) in [7, 11) is 0. The quantitative estimate of drug-likeness (QED) is 0.0448. The molecule has 0 aliphatic carbocycles. The predicted octanol–water partition coefficient (Wildman–Crippen LogP) is 2.15. The molecule has 11 N–H and O–H groups in total. The van der Waals surface area contributed by atoms with Crippen LogP contribution in [0.25, 0.3) is 11.3 Å². The largest absolute Gasteiger partial charge is 0.490 e. The van der Waals surface area contributed by atoms with E-state index in [1.54, 1.807) is 36.4 Å². The smallest absolute Gasteiger partial charge is 0.483 e. The lowest BCUT2D eigenvalue weighted by Gasteiger charge is -2.17. The van der Waals surface area contributed by atoms with Crippen molar-refractivity contribution in [2.45, 2.75) is 45.8 Å². The number of nitrogens with two attached hydrogens (primary N) is 2. The third-order valence-corrected chi connectivity index (χ3v) is 5.69. The number of alkyl halides is 6. The van der Waals surface area contributed by atoms with Gasteiger partial charge in [-0.05, 0) is 37.6 Å². The monoisotopic (exact) mass is 750 g/mol. The number of aromatic nitrogens is 2. The van der Waals surface area contributed by atoms with Gasteiger partial charge in [-0.25, -0.2) is 9.78 Å².